The number of aromatic nitrogens is 2. The molecule has 0 aliphatic rings. The molecule has 0 amide bonds. The Morgan fingerprint density at radius 3 is 2.95 bits per heavy atom. The van der Waals surface area contributed by atoms with Crippen LogP contribution in [0.2, 0.25) is 5.15 Å². The SMILES string of the molecule is CC(C#N)Oc1cc(-c2ccc3ncsc3c2)cnc1Cl. The van der Waals surface area contributed by atoms with E-state index in [2.05, 4.69) is 16.0 Å². The number of fused-ring (bicyclic) bond motifs is 1. The molecule has 0 saturated carbocycles. The summed E-state index contributed by atoms with van der Waals surface area (Å²) in [6, 6.07) is 9.80. The fourth-order valence-electron chi connectivity index (χ4n) is 1.92. The first-order valence-corrected chi connectivity index (χ1v) is 7.48. The summed E-state index contributed by atoms with van der Waals surface area (Å²) < 4.78 is 6.57. The predicted molar refractivity (Wildman–Crippen MR) is 83.6 cm³/mol. The molecule has 4 nitrogen and oxygen atoms in total. The Bertz CT molecular complexity index is 840. The first-order valence-electron chi connectivity index (χ1n) is 6.23. The van der Waals surface area contributed by atoms with Gasteiger partial charge in [-0.25, -0.2) is 9.97 Å². The Morgan fingerprint density at radius 1 is 1.29 bits per heavy atom. The molecule has 6 heteroatoms. The van der Waals surface area contributed by atoms with E-state index >= 15 is 0 Å². The number of hydrogen-bond acceptors (Lipinski definition) is 5. The van der Waals surface area contributed by atoms with Crippen LogP contribution in [-0.4, -0.2) is 16.1 Å². The standard InChI is InChI=1S/C15H10ClN3OS/c1-9(6-17)20-13-4-11(7-18-15(13)16)10-2-3-12-14(5-10)21-8-19-12/h2-5,7-9H,1H3. The van der Waals surface area contributed by atoms with Gasteiger partial charge in [-0.15, -0.1) is 11.3 Å². The van der Waals surface area contributed by atoms with Crippen LogP contribution in [0.4, 0.5) is 0 Å². The van der Waals surface area contributed by atoms with E-state index in [0.717, 1.165) is 21.3 Å². The normalized spacial score (nSPS) is 12.0. The lowest BCUT2D eigenvalue weighted by atomic mass is 10.1. The molecule has 1 aromatic carbocycles. The third-order valence-electron chi connectivity index (χ3n) is 2.96. The zero-order valence-electron chi connectivity index (χ0n) is 11.1. The van der Waals surface area contributed by atoms with Crippen LogP contribution in [0.5, 0.6) is 5.75 Å². The van der Waals surface area contributed by atoms with Gasteiger partial charge in [0.05, 0.1) is 15.7 Å². The molecular weight excluding hydrogens is 306 g/mol. The average molecular weight is 316 g/mol. The van der Waals surface area contributed by atoms with Gasteiger partial charge in [-0.2, -0.15) is 5.26 Å². The average Bonchev–Trinajstić information content (AvgIpc) is 2.96. The van der Waals surface area contributed by atoms with Gasteiger partial charge in [0, 0.05) is 11.8 Å². The molecule has 0 N–H and O–H groups in total. The highest BCUT2D eigenvalue weighted by Crippen LogP contribution is 2.31. The number of nitrogens with zero attached hydrogens (tertiary/aromatic N) is 3. The van der Waals surface area contributed by atoms with Crippen LogP contribution in [0.15, 0.2) is 36.0 Å². The smallest absolute Gasteiger partial charge is 0.181 e. The summed E-state index contributed by atoms with van der Waals surface area (Å²) in [5.41, 5.74) is 4.68. The van der Waals surface area contributed by atoms with Crippen molar-refractivity contribution in [2.45, 2.75) is 13.0 Å². The molecule has 0 bridgehead atoms. The van der Waals surface area contributed by atoms with Gasteiger partial charge in [0.1, 0.15) is 6.07 Å². The van der Waals surface area contributed by atoms with Gasteiger partial charge in [-0.1, -0.05) is 17.7 Å². The number of rotatable bonds is 3. The van der Waals surface area contributed by atoms with Crippen molar-refractivity contribution in [3.05, 3.63) is 41.1 Å². The minimum atomic E-state index is -0.580. The zero-order chi connectivity index (χ0) is 14.8. The largest absolute Gasteiger partial charge is 0.473 e. The molecule has 0 aliphatic heterocycles. The summed E-state index contributed by atoms with van der Waals surface area (Å²) in [7, 11) is 0. The summed E-state index contributed by atoms with van der Waals surface area (Å²) in [4.78, 5) is 8.39. The Balaban J connectivity index is 2.01. The van der Waals surface area contributed by atoms with Crippen LogP contribution in [0.3, 0.4) is 0 Å². The van der Waals surface area contributed by atoms with Crippen LogP contribution in [0.25, 0.3) is 21.3 Å². The molecule has 1 atom stereocenters. The minimum absolute atomic E-state index is 0.250. The van der Waals surface area contributed by atoms with Crippen molar-refractivity contribution in [3.8, 4) is 22.9 Å². The van der Waals surface area contributed by atoms with Gasteiger partial charge in [0.15, 0.2) is 17.0 Å². The molecule has 104 valence electrons. The molecule has 21 heavy (non-hydrogen) atoms. The summed E-state index contributed by atoms with van der Waals surface area (Å²) in [6.45, 7) is 1.66. The quantitative estimate of drug-likeness (QED) is 0.676. The van der Waals surface area contributed by atoms with Gasteiger partial charge in [-0.05, 0) is 30.7 Å². The third kappa shape index (κ3) is 2.82. The third-order valence-corrected chi connectivity index (χ3v) is 4.03. The molecule has 0 spiro atoms. The van der Waals surface area contributed by atoms with Crippen LogP contribution in [-0.2, 0) is 0 Å². The van der Waals surface area contributed by atoms with Crippen molar-refractivity contribution < 1.29 is 4.74 Å². The molecule has 0 radical (unpaired) electrons. The van der Waals surface area contributed by atoms with E-state index < -0.39 is 6.10 Å². The maximum Gasteiger partial charge on any atom is 0.181 e. The number of benzene rings is 1. The summed E-state index contributed by atoms with van der Waals surface area (Å²) >= 11 is 7.59. The maximum atomic E-state index is 8.82. The van der Waals surface area contributed by atoms with E-state index in [1.807, 2.05) is 23.7 Å². The summed E-state index contributed by atoms with van der Waals surface area (Å²) in [6.07, 6.45) is 1.11. The second-order valence-corrected chi connectivity index (χ2v) is 5.68. The van der Waals surface area contributed by atoms with Crippen LogP contribution >= 0.6 is 22.9 Å². The number of halogens is 1. The van der Waals surface area contributed by atoms with Gasteiger partial charge >= 0.3 is 0 Å². The van der Waals surface area contributed by atoms with Crippen molar-refractivity contribution in [1.82, 2.24) is 9.97 Å². The van der Waals surface area contributed by atoms with E-state index in [4.69, 9.17) is 21.6 Å². The highest BCUT2D eigenvalue weighted by molar-refractivity contribution is 7.16. The lowest BCUT2D eigenvalue weighted by Gasteiger charge is -2.10. The zero-order valence-corrected chi connectivity index (χ0v) is 12.6. The molecule has 0 fully saturated rings. The Morgan fingerprint density at radius 2 is 2.14 bits per heavy atom. The molecule has 1 unspecified atom stereocenters. The predicted octanol–water partition coefficient (Wildman–Crippen LogP) is 4.30. The summed E-state index contributed by atoms with van der Waals surface area (Å²) in [5, 5.41) is 9.07. The number of thiazole rings is 1. The maximum absolute atomic E-state index is 8.82. The highest BCUT2D eigenvalue weighted by Gasteiger charge is 2.10. The monoisotopic (exact) mass is 315 g/mol. The van der Waals surface area contributed by atoms with Crippen molar-refractivity contribution in [2.24, 2.45) is 0 Å². The molecule has 2 aromatic heterocycles. The number of pyridine rings is 1. The van der Waals surface area contributed by atoms with Crippen LogP contribution in [0, 0.1) is 11.3 Å². The van der Waals surface area contributed by atoms with Gasteiger partial charge in [0.2, 0.25) is 0 Å². The second-order valence-electron chi connectivity index (χ2n) is 4.44. The Kier molecular flexibility index (Phi) is 3.74. The Labute approximate surface area is 130 Å². The van der Waals surface area contributed by atoms with Crippen molar-refractivity contribution in [1.29, 1.82) is 5.26 Å². The van der Waals surface area contributed by atoms with Gasteiger partial charge in [0.25, 0.3) is 0 Å². The van der Waals surface area contributed by atoms with E-state index in [-0.39, 0.29) is 5.15 Å². The fourth-order valence-corrected chi connectivity index (χ4v) is 2.78. The van der Waals surface area contributed by atoms with E-state index in [0.29, 0.717) is 5.75 Å². The second kappa shape index (κ2) is 5.68. The number of nitriles is 1. The van der Waals surface area contributed by atoms with E-state index in [9.17, 15) is 0 Å². The number of ether oxygens (including phenoxy) is 1. The van der Waals surface area contributed by atoms with Crippen LogP contribution in [0.1, 0.15) is 6.92 Å². The first-order chi connectivity index (χ1) is 10.2. The van der Waals surface area contributed by atoms with E-state index in [1.165, 1.54) is 0 Å². The summed E-state index contributed by atoms with van der Waals surface area (Å²) in [5.74, 6) is 0.410. The molecular formula is C15H10ClN3OS. The molecule has 3 aromatic rings. The van der Waals surface area contributed by atoms with Crippen LogP contribution < -0.4 is 4.74 Å². The van der Waals surface area contributed by atoms with Crippen molar-refractivity contribution in [2.75, 3.05) is 0 Å². The number of hydrogen-bond donors (Lipinski definition) is 0. The van der Waals surface area contributed by atoms with E-state index in [1.54, 1.807) is 30.5 Å². The topological polar surface area (TPSA) is 58.8 Å². The molecule has 2 heterocycles. The molecule has 0 saturated heterocycles. The minimum Gasteiger partial charge on any atom is -0.473 e. The highest BCUT2D eigenvalue weighted by atomic mass is 35.5. The lowest BCUT2D eigenvalue weighted by molar-refractivity contribution is 0.276. The lowest BCUT2D eigenvalue weighted by Crippen LogP contribution is -2.08. The van der Waals surface area contributed by atoms with Gasteiger partial charge in [-0.3, -0.25) is 0 Å². The molecule has 0 aliphatic carbocycles. The van der Waals surface area contributed by atoms with Crippen molar-refractivity contribution >= 4 is 33.2 Å². The first kappa shape index (κ1) is 13.8. The fraction of sp³-hybridized carbons (Fsp3) is 0.133. The van der Waals surface area contributed by atoms with Gasteiger partial charge < -0.3 is 4.74 Å². The Hall–Kier alpha value is -2.16. The molecule has 3 rings (SSSR count). The van der Waals surface area contributed by atoms with Crippen molar-refractivity contribution in [3.63, 3.8) is 0 Å².